The molecule has 0 bridgehead atoms. The summed E-state index contributed by atoms with van der Waals surface area (Å²) in [6.45, 7) is 5.84. The van der Waals surface area contributed by atoms with Crippen LogP contribution in [0, 0.1) is 5.82 Å². The Morgan fingerprint density at radius 1 is 1.21 bits per heavy atom. The van der Waals surface area contributed by atoms with Crippen LogP contribution in [0.3, 0.4) is 0 Å². The number of nitrogens with zero attached hydrogens (tertiary/aromatic N) is 4. The summed E-state index contributed by atoms with van der Waals surface area (Å²) in [6, 6.07) is 6.22. The number of ether oxygens (including phenoxy) is 1. The van der Waals surface area contributed by atoms with Crippen LogP contribution in [0.2, 0.25) is 0 Å². The molecule has 28 heavy (non-hydrogen) atoms. The molecule has 5 nitrogen and oxygen atoms in total. The minimum Gasteiger partial charge on any atom is -0.494 e. The van der Waals surface area contributed by atoms with E-state index in [1.165, 1.54) is 36.2 Å². The van der Waals surface area contributed by atoms with Crippen LogP contribution in [-0.4, -0.2) is 59.6 Å². The van der Waals surface area contributed by atoms with Crippen LogP contribution in [0.15, 0.2) is 30.5 Å². The minimum absolute atomic E-state index is 0.233. The van der Waals surface area contributed by atoms with Gasteiger partial charge < -0.3 is 14.5 Å². The number of likely N-dealkylation sites (tertiary alicyclic amines) is 1. The Balaban J connectivity index is 1.27. The van der Waals surface area contributed by atoms with E-state index in [1.54, 1.807) is 12.1 Å². The van der Waals surface area contributed by atoms with Gasteiger partial charge in [0.2, 0.25) is 0 Å². The maximum atomic E-state index is 12.9. The number of piperidine rings is 1. The van der Waals surface area contributed by atoms with Crippen LogP contribution in [0.25, 0.3) is 0 Å². The van der Waals surface area contributed by atoms with Crippen LogP contribution >= 0.6 is 0 Å². The molecule has 150 valence electrons. The Morgan fingerprint density at radius 2 is 2.07 bits per heavy atom. The fourth-order valence-corrected chi connectivity index (χ4v) is 4.15. The topological polar surface area (TPSA) is 41.5 Å². The van der Waals surface area contributed by atoms with Gasteiger partial charge in [-0.2, -0.15) is 0 Å². The molecule has 2 aliphatic rings. The molecule has 2 aromatic rings. The third-order valence-corrected chi connectivity index (χ3v) is 5.72. The number of halogens is 1. The number of hydrogen-bond donors (Lipinski definition) is 0. The monoisotopic (exact) mass is 384 g/mol. The van der Waals surface area contributed by atoms with Gasteiger partial charge in [-0.05, 0) is 57.1 Å². The van der Waals surface area contributed by atoms with Crippen molar-refractivity contribution in [2.45, 2.75) is 38.1 Å². The second-order valence-corrected chi connectivity index (χ2v) is 7.98. The SMILES string of the molecule is CN1CCc2nc(C3CCCN(CCCOc4ccc(F)cc4)C3)ncc2C1. The number of rotatable bonds is 6. The summed E-state index contributed by atoms with van der Waals surface area (Å²) >= 11 is 0. The third kappa shape index (κ3) is 4.86. The summed E-state index contributed by atoms with van der Waals surface area (Å²) in [5, 5.41) is 0. The molecule has 0 amide bonds. The number of aromatic nitrogens is 2. The number of hydrogen-bond acceptors (Lipinski definition) is 5. The Labute approximate surface area is 166 Å². The van der Waals surface area contributed by atoms with E-state index in [9.17, 15) is 4.39 Å². The van der Waals surface area contributed by atoms with Crippen LogP contribution in [-0.2, 0) is 13.0 Å². The molecule has 0 spiro atoms. The highest BCUT2D eigenvalue weighted by atomic mass is 19.1. The lowest BCUT2D eigenvalue weighted by Gasteiger charge is -2.32. The van der Waals surface area contributed by atoms with Gasteiger partial charge in [0.1, 0.15) is 17.4 Å². The molecular formula is C22H29FN4O. The molecule has 3 heterocycles. The number of fused-ring (bicyclic) bond motifs is 1. The van der Waals surface area contributed by atoms with Crippen molar-refractivity contribution in [3.63, 3.8) is 0 Å². The van der Waals surface area contributed by atoms with E-state index >= 15 is 0 Å². The van der Waals surface area contributed by atoms with E-state index in [0.29, 0.717) is 12.5 Å². The lowest BCUT2D eigenvalue weighted by atomic mass is 9.96. The van der Waals surface area contributed by atoms with Gasteiger partial charge in [-0.15, -0.1) is 0 Å². The highest BCUT2D eigenvalue weighted by molar-refractivity contribution is 5.22. The van der Waals surface area contributed by atoms with Gasteiger partial charge in [-0.1, -0.05) is 0 Å². The standard InChI is InChI=1S/C22H29FN4O/c1-26-12-9-21-18(15-26)14-24-22(25-21)17-4-2-10-27(16-17)11-3-13-28-20-7-5-19(23)6-8-20/h5-8,14,17H,2-4,9-13,15-16H2,1H3. The Morgan fingerprint density at radius 3 is 2.93 bits per heavy atom. The largest absolute Gasteiger partial charge is 0.494 e. The fraction of sp³-hybridized carbons (Fsp3) is 0.545. The van der Waals surface area contributed by atoms with Crippen molar-refractivity contribution in [3.8, 4) is 5.75 Å². The van der Waals surface area contributed by atoms with Crippen LogP contribution < -0.4 is 4.74 Å². The van der Waals surface area contributed by atoms with Gasteiger partial charge >= 0.3 is 0 Å². The van der Waals surface area contributed by atoms with E-state index in [-0.39, 0.29) is 5.82 Å². The zero-order valence-corrected chi connectivity index (χ0v) is 16.6. The third-order valence-electron chi connectivity index (χ3n) is 5.72. The van der Waals surface area contributed by atoms with Crippen molar-refractivity contribution in [1.29, 1.82) is 0 Å². The lowest BCUT2D eigenvalue weighted by Crippen LogP contribution is -2.36. The average Bonchev–Trinajstić information content (AvgIpc) is 2.72. The molecule has 6 heteroatoms. The molecule has 1 aromatic heterocycles. The van der Waals surface area contributed by atoms with Crippen molar-refractivity contribution >= 4 is 0 Å². The molecule has 1 unspecified atom stereocenters. The van der Waals surface area contributed by atoms with Gasteiger partial charge in [0.05, 0.1) is 6.61 Å². The summed E-state index contributed by atoms with van der Waals surface area (Å²) in [6.07, 6.45) is 6.39. The van der Waals surface area contributed by atoms with Crippen LogP contribution in [0.4, 0.5) is 4.39 Å². The zero-order valence-electron chi connectivity index (χ0n) is 16.6. The summed E-state index contributed by atoms with van der Waals surface area (Å²) < 4.78 is 18.6. The van der Waals surface area contributed by atoms with E-state index in [0.717, 1.165) is 57.1 Å². The summed E-state index contributed by atoms with van der Waals surface area (Å²) in [5.41, 5.74) is 2.52. The predicted octanol–water partition coefficient (Wildman–Crippen LogP) is 3.25. The predicted molar refractivity (Wildman–Crippen MR) is 107 cm³/mol. The maximum absolute atomic E-state index is 12.9. The summed E-state index contributed by atoms with van der Waals surface area (Å²) in [7, 11) is 2.15. The van der Waals surface area contributed by atoms with Crippen molar-refractivity contribution in [1.82, 2.24) is 19.8 Å². The maximum Gasteiger partial charge on any atom is 0.132 e. The molecule has 0 saturated carbocycles. The quantitative estimate of drug-likeness (QED) is 0.715. The molecule has 1 atom stereocenters. The van der Waals surface area contributed by atoms with Gasteiger partial charge in [0, 0.05) is 56.0 Å². The lowest BCUT2D eigenvalue weighted by molar-refractivity contribution is 0.186. The number of likely N-dealkylation sites (N-methyl/N-ethyl adjacent to an activating group) is 1. The van der Waals surface area contributed by atoms with Crippen LogP contribution in [0.1, 0.15) is 42.3 Å². The molecule has 1 fully saturated rings. The smallest absolute Gasteiger partial charge is 0.132 e. The molecule has 2 aliphatic heterocycles. The van der Waals surface area contributed by atoms with E-state index in [2.05, 4.69) is 16.8 Å². The summed E-state index contributed by atoms with van der Waals surface area (Å²) in [5.74, 6) is 1.95. The van der Waals surface area contributed by atoms with Crippen molar-refractivity contribution in [2.24, 2.45) is 0 Å². The molecule has 0 aliphatic carbocycles. The molecular weight excluding hydrogens is 355 g/mol. The summed E-state index contributed by atoms with van der Waals surface area (Å²) in [4.78, 5) is 14.5. The van der Waals surface area contributed by atoms with E-state index < -0.39 is 0 Å². The van der Waals surface area contributed by atoms with Gasteiger partial charge in [0.25, 0.3) is 0 Å². The normalized spacial score (nSPS) is 20.7. The minimum atomic E-state index is -0.233. The second kappa shape index (κ2) is 8.97. The van der Waals surface area contributed by atoms with Gasteiger partial charge in [0.15, 0.2) is 0 Å². The first-order valence-corrected chi connectivity index (χ1v) is 10.3. The molecule has 1 aromatic carbocycles. The zero-order chi connectivity index (χ0) is 19.3. The molecule has 0 N–H and O–H groups in total. The Hall–Kier alpha value is -2.05. The first-order valence-electron chi connectivity index (χ1n) is 10.3. The van der Waals surface area contributed by atoms with Crippen LogP contribution in [0.5, 0.6) is 5.75 Å². The first kappa shape index (κ1) is 19.3. The highest BCUT2D eigenvalue weighted by Crippen LogP contribution is 2.26. The van der Waals surface area contributed by atoms with Crippen molar-refractivity contribution < 1.29 is 9.13 Å². The fourth-order valence-electron chi connectivity index (χ4n) is 4.15. The van der Waals surface area contributed by atoms with E-state index in [4.69, 9.17) is 14.7 Å². The average molecular weight is 384 g/mol. The number of benzene rings is 1. The van der Waals surface area contributed by atoms with Crippen molar-refractivity contribution in [2.75, 3.05) is 39.8 Å². The Kier molecular flexibility index (Phi) is 6.17. The van der Waals surface area contributed by atoms with Crippen molar-refractivity contribution in [3.05, 3.63) is 53.4 Å². The van der Waals surface area contributed by atoms with Gasteiger partial charge in [-0.25, -0.2) is 14.4 Å². The second-order valence-electron chi connectivity index (χ2n) is 7.98. The molecule has 4 rings (SSSR count). The first-order chi connectivity index (χ1) is 13.7. The molecule has 1 saturated heterocycles. The highest BCUT2D eigenvalue weighted by Gasteiger charge is 2.25. The molecule has 0 radical (unpaired) electrons. The van der Waals surface area contributed by atoms with Gasteiger partial charge in [-0.3, -0.25) is 0 Å². The van der Waals surface area contributed by atoms with E-state index in [1.807, 2.05) is 6.20 Å². The Bertz CT molecular complexity index is 783.